The number of aromatic nitrogens is 1. The molecule has 0 bridgehead atoms. The number of carbonyl (C=O) groups excluding carboxylic acids is 3. The fourth-order valence-electron chi connectivity index (χ4n) is 6.83. The average Bonchev–Trinajstić information content (AvgIpc) is 3.84. The fourth-order valence-corrected chi connectivity index (χ4v) is 6.83. The number of nitrogens with two attached hydrogens (primary N) is 1. The number of esters is 1. The van der Waals surface area contributed by atoms with Gasteiger partial charge in [-0.1, -0.05) is 18.2 Å². The van der Waals surface area contributed by atoms with E-state index in [1.54, 1.807) is 19.3 Å². The van der Waals surface area contributed by atoms with Gasteiger partial charge in [0.1, 0.15) is 11.4 Å². The number of ketones is 1. The first-order chi connectivity index (χ1) is 22.3. The number of Topliss-reactive ketones (excluding diaryl/α,β-unsaturated/α-hetero) is 1. The number of hydrogen-bond donors (Lipinski definition) is 1. The van der Waals surface area contributed by atoms with Crippen LogP contribution in [0, 0.1) is 0 Å². The third-order valence-corrected chi connectivity index (χ3v) is 9.45. The first-order valence-corrected chi connectivity index (χ1v) is 15.7. The van der Waals surface area contributed by atoms with E-state index in [4.69, 9.17) is 15.2 Å². The minimum absolute atomic E-state index is 0.0257. The van der Waals surface area contributed by atoms with Crippen LogP contribution in [-0.2, 0) is 4.74 Å². The van der Waals surface area contributed by atoms with Gasteiger partial charge in [0.25, 0.3) is 5.91 Å². The lowest BCUT2D eigenvalue weighted by Crippen LogP contribution is -2.52. The lowest BCUT2D eigenvalue weighted by atomic mass is 9.82. The summed E-state index contributed by atoms with van der Waals surface area (Å²) < 4.78 is 13.7. The molecule has 3 aliphatic rings. The first kappa shape index (κ1) is 29.5. The van der Waals surface area contributed by atoms with E-state index in [0.717, 1.165) is 46.0 Å². The maximum atomic E-state index is 14.1. The molecule has 4 aromatic rings. The van der Waals surface area contributed by atoms with Crippen molar-refractivity contribution >= 4 is 40.4 Å². The van der Waals surface area contributed by atoms with E-state index in [-0.39, 0.29) is 18.1 Å². The van der Waals surface area contributed by atoms with E-state index in [2.05, 4.69) is 21.8 Å². The molecular formula is C37H36N4O5. The second-order valence-electron chi connectivity index (χ2n) is 12.4. The number of fused-ring (bicyclic) bond motifs is 2. The highest BCUT2D eigenvalue weighted by atomic mass is 16.5. The van der Waals surface area contributed by atoms with E-state index in [1.165, 1.54) is 13.3 Å². The van der Waals surface area contributed by atoms with Crippen molar-refractivity contribution in [2.24, 2.45) is 10.7 Å². The van der Waals surface area contributed by atoms with Crippen LogP contribution in [0.25, 0.3) is 27.6 Å². The molecule has 2 fully saturated rings. The van der Waals surface area contributed by atoms with Crippen molar-refractivity contribution in [3.8, 4) is 16.9 Å². The first-order valence-electron chi connectivity index (χ1n) is 15.7. The van der Waals surface area contributed by atoms with Crippen LogP contribution < -0.4 is 10.5 Å². The Kier molecular flexibility index (Phi) is 7.47. The van der Waals surface area contributed by atoms with Crippen molar-refractivity contribution in [2.75, 3.05) is 27.2 Å². The Morgan fingerprint density at radius 2 is 1.78 bits per heavy atom. The van der Waals surface area contributed by atoms with Gasteiger partial charge >= 0.3 is 5.97 Å². The van der Waals surface area contributed by atoms with E-state index in [9.17, 15) is 14.4 Å². The number of nitrogens with zero attached hydrogens (tertiary/aromatic N) is 3. The number of aliphatic imine (C=N–C) groups is 1. The van der Waals surface area contributed by atoms with Crippen molar-refractivity contribution in [3.05, 3.63) is 95.3 Å². The Balaban J connectivity index is 1.15. The van der Waals surface area contributed by atoms with Crippen LogP contribution in [0.5, 0.6) is 5.75 Å². The van der Waals surface area contributed by atoms with Gasteiger partial charge in [-0.15, -0.1) is 0 Å². The third kappa shape index (κ3) is 5.25. The molecule has 9 heteroatoms. The van der Waals surface area contributed by atoms with Crippen molar-refractivity contribution < 1.29 is 23.9 Å². The van der Waals surface area contributed by atoms with Crippen LogP contribution in [0.15, 0.2) is 78.1 Å². The molecule has 3 heterocycles. The van der Waals surface area contributed by atoms with Gasteiger partial charge in [0.15, 0.2) is 5.78 Å². The van der Waals surface area contributed by atoms with Crippen molar-refractivity contribution in [1.29, 1.82) is 0 Å². The number of methoxy groups -OCH3 is 1. The Labute approximate surface area is 267 Å². The van der Waals surface area contributed by atoms with Crippen molar-refractivity contribution in [1.82, 2.24) is 9.47 Å². The minimum Gasteiger partial charge on any atom is -0.486 e. The van der Waals surface area contributed by atoms with Crippen LogP contribution in [0.2, 0.25) is 0 Å². The summed E-state index contributed by atoms with van der Waals surface area (Å²) in [6, 6.07) is 19.3. The molecule has 1 saturated carbocycles. The number of amides is 1. The molecule has 1 aliphatic carbocycles. The molecule has 0 atom stereocenters. The zero-order valence-corrected chi connectivity index (χ0v) is 26.0. The summed E-state index contributed by atoms with van der Waals surface area (Å²) in [6.45, 7) is 0.947. The molecule has 234 valence electrons. The maximum Gasteiger partial charge on any atom is 0.337 e. The van der Waals surface area contributed by atoms with Gasteiger partial charge in [0.2, 0.25) is 0 Å². The zero-order chi connectivity index (χ0) is 32.0. The van der Waals surface area contributed by atoms with Gasteiger partial charge in [0, 0.05) is 79.7 Å². The molecule has 0 unspecified atom stereocenters. The maximum absolute atomic E-state index is 14.1. The smallest absolute Gasteiger partial charge is 0.337 e. The predicted octanol–water partition coefficient (Wildman–Crippen LogP) is 6.07. The van der Waals surface area contributed by atoms with Gasteiger partial charge in [-0.3, -0.25) is 14.6 Å². The number of ether oxygens (including phenoxy) is 2. The number of hydrogen-bond acceptors (Lipinski definition) is 7. The van der Waals surface area contributed by atoms with Gasteiger partial charge in [-0.05, 0) is 72.0 Å². The molecule has 1 amide bonds. The Hall–Kier alpha value is -5.18. The summed E-state index contributed by atoms with van der Waals surface area (Å²) in [6.07, 6.45) is 8.82. The molecule has 7 rings (SSSR count). The number of benzene rings is 3. The second kappa shape index (κ2) is 11.6. The summed E-state index contributed by atoms with van der Waals surface area (Å²) in [5.74, 6) is 0.127. The summed E-state index contributed by atoms with van der Waals surface area (Å²) in [5.41, 5.74) is 11.0. The monoisotopic (exact) mass is 616 g/mol. The van der Waals surface area contributed by atoms with E-state index in [1.807, 2.05) is 53.4 Å². The highest BCUT2D eigenvalue weighted by molar-refractivity contribution is 6.11. The molecule has 0 radical (unpaired) electrons. The molecular weight excluding hydrogens is 580 g/mol. The van der Waals surface area contributed by atoms with Crippen molar-refractivity contribution in [3.63, 3.8) is 0 Å². The summed E-state index contributed by atoms with van der Waals surface area (Å²) in [4.78, 5) is 45.7. The molecule has 1 aromatic heterocycles. The molecule has 1 spiro atoms. The van der Waals surface area contributed by atoms with Crippen LogP contribution in [0.1, 0.15) is 74.8 Å². The number of piperidine rings is 1. The van der Waals surface area contributed by atoms with Crippen LogP contribution in [0.3, 0.4) is 0 Å². The highest BCUT2D eigenvalue weighted by Crippen LogP contribution is 2.42. The van der Waals surface area contributed by atoms with Gasteiger partial charge in [0.05, 0.1) is 24.7 Å². The third-order valence-electron chi connectivity index (χ3n) is 9.45. The predicted molar refractivity (Wildman–Crippen MR) is 177 cm³/mol. The topological polar surface area (TPSA) is 116 Å². The van der Waals surface area contributed by atoms with Crippen LogP contribution in [-0.4, -0.2) is 66.2 Å². The molecule has 1 saturated heterocycles. The second-order valence-corrected chi connectivity index (χ2v) is 12.4. The molecule has 46 heavy (non-hydrogen) atoms. The van der Waals surface area contributed by atoms with Gasteiger partial charge in [-0.2, -0.15) is 0 Å². The Morgan fingerprint density at radius 3 is 2.50 bits per heavy atom. The molecule has 2 N–H and O–H groups in total. The summed E-state index contributed by atoms with van der Waals surface area (Å²) in [5, 5.41) is 1.04. The van der Waals surface area contributed by atoms with E-state index < -0.39 is 11.6 Å². The van der Waals surface area contributed by atoms with Crippen LogP contribution in [0.4, 0.5) is 0 Å². The largest absolute Gasteiger partial charge is 0.486 e. The van der Waals surface area contributed by atoms with Gasteiger partial charge in [-0.25, -0.2) is 4.79 Å². The zero-order valence-electron chi connectivity index (χ0n) is 26.0. The molecule has 3 aromatic carbocycles. The van der Waals surface area contributed by atoms with Gasteiger partial charge < -0.3 is 24.7 Å². The van der Waals surface area contributed by atoms with Crippen molar-refractivity contribution in [2.45, 2.75) is 43.7 Å². The number of rotatable bonds is 6. The SMILES string of the molecule is CN=CC(=CN)c1ccc2c(c1)C(=O)CC1(CCN(C(=O)c3cc(-c4cccc(C(=O)OC)c4)c4ccn(C5CC5)c4c3)CC1)O2. The fraction of sp³-hybridized carbons (Fsp3) is 0.297. The normalized spacial score (nSPS) is 17.7. The number of allylic oxidation sites excluding steroid dienone is 1. The standard InChI is InChI=1S/C37H36N4O5/c1-39-22-27(21-38)23-6-9-34-31(17-23)33(42)20-37(46-34)11-14-40(15-12-37)35(43)26-18-30(24-4-3-5-25(16-24)36(44)45-2)29-10-13-41(28-7-8-28)32(29)19-26/h3-6,9-10,13,16-19,21-22,28H,7-8,11-12,14-15,20,38H2,1-2H3. The Bertz CT molecular complexity index is 1940. The summed E-state index contributed by atoms with van der Waals surface area (Å²) >= 11 is 0. The summed E-state index contributed by atoms with van der Waals surface area (Å²) in [7, 11) is 3.04. The highest BCUT2D eigenvalue weighted by Gasteiger charge is 2.44. The quantitative estimate of drug-likeness (QED) is 0.208. The minimum atomic E-state index is -0.649. The van der Waals surface area contributed by atoms with E-state index >= 15 is 0 Å². The average molecular weight is 617 g/mol. The Morgan fingerprint density at radius 1 is 1.00 bits per heavy atom. The van der Waals surface area contributed by atoms with E-state index in [0.29, 0.717) is 54.4 Å². The molecule has 2 aliphatic heterocycles. The lowest BCUT2D eigenvalue weighted by Gasteiger charge is -2.44. The number of carbonyl (C=O) groups is 3. The number of likely N-dealkylation sites (tertiary alicyclic amines) is 1. The van der Waals surface area contributed by atoms with Crippen LogP contribution >= 0.6 is 0 Å². The lowest BCUT2D eigenvalue weighted by molar-refractivity contribution is -0.00572. The molecule has 9 nitrogen and oxygen atoms in total.